The highest BCUT2D eigenvalue weighted by molar-refractivity contribution is 6.73. The molecule has 0 fully saturated rings. The summed E-state index contributed by atoms with van der Waals surface area (Å²) >= 11 is 0. The zero-order valence-corrected chi connectivity index (χ0v) is 14.2. The molecule has 1 aliphatic rings. The zero-order chi connectivity index (χ0) is 14.4. The van der Waals surface area contributed by atoms with Crippen LogP contribution in [-0.2, 0) is 4.43 Å². The van der Waals surface area contributed by atoms with Crippen LogP contribution < -0.4 is 0 Å². The highest BCUT2D eigenvalue weighted by atomic mass is 28.4. The first-order valence-corrected chi connectivity index (χ1v) is 10.7. The topological polar surface area (TPSA) is 9.23 Å². The molecular weight excluding hydrogens is 260 g/mol. The molecule has 1 atom stereocenters. The summed E-state index contributed by atoms with van der Waals surface area (Å²) in [6.45, 7) is 6.90. The van der Waals surface area contributed by atoms with Crippen LogP contribution in [0.5, 0.6) is 0 Å². The van der Waals surface area contributed by atoms with E-state index in [0.29, 0.717) is 5.92 Å². The number of hydrogen-bond donors (Lipinski definition) is 0. The van der Waals surface area contributed by atoms with Gasteiger partial charge in [0.2, 0.25) is 8.32 Å². The normalized spacial score (nSPS) is 19.6. The van der Waals surface area contributed by atoms with E-state index in [4.69, 9.17) is 4.43 Å². The van der Waals surface area contributed by atoms with Crippen LogP contribution in [0.2, 0.25) is 18.1 Å². The highest BCUT2D eigenvalue weighted by Crippen LogP contribution is 2.35. The molecule has 0 aromatic heterocycles. The molecule has 0 spiro atoms. The molecule has 0 N–H and O–H groups in total. The maximum atomic E-state index is 6.51. The van der Waals surface area contributed by atoms with Crippen molar-refractivity contribution in [3.05, 3.63) is 47.7 Å². The second kappa shape index (κ2) is 7.12. The molecule has 0 saturated carbocycles. The lowest BCUT2D eigenvalue weighted by molar-refractivity contribution is 0.357. The summed E-state index contributed by atoms with van der Waals surface area (Å²) in [7, 11) is -1.47. The molecule has 0 aliphatic heterocycles. The van der Waals surface area contributed by atoms with Crippen LogP contribution in [0.4, 0.5) is 0 Å². The minimum atomic E-state index is -1.47. The Labute approximate surface area is 125 Å². The fourth-order valence-corrected chi connectivity index (χ4v) is 5.85. The van der Waals surface area contributed by atoms with E-state index in [2.05, 4.69) is 57.2 Å². The van der Waals surface area contributed by atoms with E-state index in [1.54, 1.807) is 0 Å². The van der Waals surface area contributed by atoms with Crippen LogP contribution >= 0.6 is 0 Å². The summed E-state index contributed by atoms with van der Waals surface area (Å²) in [5, 5.41) is 0. The molecule has 1 aromatic rings. The lowest BCUT2D eigenvalue weighted by Crippen LogP contribution is -2.35. The van der Waals surface area contributed by atoms with Gasteiger partial charge >= 0.3 is 0 Å². The van der Waals surface area contributed by atoms with E-state index in [0.717, 1.165) is 12.8 Å². The second-order valence-electron chi connectivity index (χ2n) is 5.90. The molecule has 20 heavy (non-hydrogen) atoms. The van der Waals surface area contributed by atoms with Gasteiger partial charge in [0.05, 0.1) is 5.76 Å². The van der Waals surface area contributed by atoms with Crippen molar-refractivity contribution in [2.75, 3.05) is 0 Å². The lowest BCUT2D eigenvalue weighted by Gasteiger charge is -2.33. The fraction of sp³-hybridized carbons (Fsp3) is 0.556. The van der Waals surface area contributed by atoms with E-state index in [-0.39, 0.29) is 0 Å². The average Bonchev–Trinajstić information content (AvgIpc) is 2.54. The molecule has 110 valence electrons. The highest BCUT2D eigenvalue weighted by Gasteiger charge is 2.32. The summed E-state index contributed by atoms with van der Waals surface area (Å²) < 4.78 is 6.51. The molecule has 2 rings (SSSR count). The Bertz CT molecular complexity index is 426. The van der Waals surface area contributed by atoms with Gasteiger partial charge in [-0.15, -0.1) is 0 Å². The predicted molar refractivity (Wildman–Crippen MR) is 89.4 cm³/mol. The summed E-state index contributed by atoms with van der Waals surface area (Å²) in [5.74, 6) is 1.97. The third kappa shape index (κ3) is 3.54. The quantitative estimate of drug-likeness (QED) is 0.596. The van der Waals surface area contributed by atoms with Crippen LogP contribution in [0.25, 0.3) is 0 Å². The maximum absolute atomic E-state index is 6.51. The SMILES string of the molecule is CC[Si](CC)(CC)OC1=CCC(c2ccccc2)CC1. The summed E-state index contributed by atoms with van der Waals surface area (Å²) in [5.41, 5.74) is 1.48. The smallest absolute Gasteiger partial charge is 0.250 e. The molecule has 0 saturated heterocycles. The van der Waals surface area contributed by atoms with Gasteiger partial charge in [-0.05, 0) is 48.5 Å². The van der Waals surface area contributed by atoms with Crippen molar-refractivity contribution < 1.29 is 4.43 Å². The van der Waals surface area contributed by atoms with E-state index >= 15 is 0 Å². The lowest BCUT2D eigenvalue weighted by atomic mass is 9.87. The number of allylic oxidation sites excluding steroid dienone is 2. The largest absolute Gasteiger partial charge is 0.547 e. The summed E-state index contributed by atoms with van der Waals surface area (Å²) in [4.78, 5) is 0. The average molecular weight is 289 g/mol. The Morgan fingerprint density at radius 2 is 1.70 bits per heavy atom. The second-order valence-corrected chi connectivity index (χ2v) is 10.6. The molecule has 1 unspecified atom stereocenters. The minimum Gasteiger partial charge on any atom is -0.547 e. The summed E-state index contributed by atoms with van der Waals surface area (Å²) in [6, 6.07) is 14.6. The van der Waals surface area contributed by atoms with Gasteiger partial charge in [-0.3, -0.25) is 0 Å². The van der Waals surface area contributed by atoms with Crippen molar-refractivity contribution >= 4 is 8.32 Å². The molecule has 0 radical (unpaired) electrons. The van der Waals surface area contributed by atoms with Gasteiger partial charge in [0.25, 0.3) is 0 Å². The predicted octanol–water partition coefficient (Wildman–Crippen LogP) is 5.86. The van der Waals surface area contributed by atoms with Gasteiger partial charge in [-0.1, -0.05) is 51.1 Å². The van der Waals surface area contributed by atoms with Crippen molar-refractivity contribution in [1.82, 2.24) is 0 Å². The molecular formula is C18H28OSi. The van der Waals surface area contributed by atoms with Gasteiger partial charge < -0.3 is 4.43 Å². The standard InChI is InChI=1S/C18H28OSi/c1-4-20(5-2,6-3)19-18-14-12-17(13-15-18)16-10-8-7-9-11-16/h7-11,14,17H,4-6,12-13,15H2,1-3H3. The van der Waals surface area contributed by atoms with Crippen molar-refractivity contribution in [2.24, 2.45) is 0 Å². The molecule has 0 amide bonds. The van der Waals surface area contributed by atoms with Crippen molar-refractivity contribution in [3.63, 3.8) is 0 Å². The Hall–Kier alpha value is -1.02. The number of benzene rings is 1. The molecule has 1 nitrogen and oxygen atoms in total. The summed E-state index contributed by atoms with van der Waals surface area (Å²) in [6.07, 6.45) is 5.86. The Balaban J connectivity index is 1.99. The third-order valence-electron chi connectivity index (χ3n) is 4.92. The molecule has 0 heterocycles. The van der Waals surface area contributed by atoms with Crippen molar-refractivity contribution in [2.45, 2.75) is 64.1 Å². The fourth-order valence-electron chi connectivity index (χ4n) is 3.18. The van der Waals surface area contributed by atoms with Crippen LogP contribution in [-0.4, -0.2) is 8.32 Å². The van der Waals surface area contributed by atoms with Crippen LogP contribution in [0, 0.1) is 0 Å². The minimum absolute atomic E-state index is 0.685. The van der Waals surface area contributed by atoms with Gasteiger partial charge in [0, 0.05) is 6.42 Å². The molecule has 1 aliphatic carbocycles. The Morgan fingerprint density at radius 1 is 1.05 bits per heavy atom. The Morgan fingerprint density at radius 3 is 2.20 bits per heavy atom. The molecule has 2 heteroatoms. The third-order valence-corrected chi connectivity index (χ3v) is 9.48. The van der Waals surface area contributed by atoms with E-state index < -0.39 is 8.32 Å². The first-order chi connectivity index (χ1) is 9.73. The van der Waals surface area contributed by atoms with Crippen molar-refractivity contribution in [1.29, 1.82) is 0 Å². The Kier molecular flexibility index (Phi) is 5.47. The van der Waals surface area contributed by atoms with Crippen LogP contribution in [0.3, 0.4) is 0 Å². The monoisotopic (exact) mass is 288 g/mol. The first kappa shape index (κ1) is 15.4. The first-order valence-electron chi connectivity index (χ1n) is 8.16. The van der Waals surface area contributed by atoms with Gasteiger partial charge in [0.15, 0.2) is 0 Å². The molecule has 1 aromatic carbocycles. The zero-order valence-electron chi connectivity index (χ0n) is 13.2. The van der Waals surface area contributed by atoms with Gasteiger partial charge in [-0.25, -0.2) is 0 Å². The van der Waals surface area contributed by atoms with Gasteiger partial charge in [-0.2, -0.15) is 0 Å². The van der Waals surface area contributed by atoms with E-state index in [9.17, 15) is 0 Å². The number of hydrogen-bond acceptors (Lipinski definition) is 1. The maximum Gasteiger partial charge on any atom is 0.250 e. The van der Waals surface area contributed by atoms with Crippen molar-refractivity contribution in [3.8, 4) is 0 Å². The van der Waals surface area contributed by atoms with E-state index in [1.165, 1.54) is 35.9 Å². The van der Waals surface area contributed by atoms with Crippen LogP contribution in [0.15, 0.2) is 42.2 Å². The number of rotatable bonds is 6. The van der Waals surface area contributed by atoms with Gasteiger partial charge in [0.1, 0.15) is 0 Å². The van der Waals surface area contributed by atoms with Crippen LogP contribution in [0.1, 0.15) is 51.5 Å². The van der Waals surface area contributed by atoms with E-state index in [1.807, 2.05) is 0 Å². The molecule has 0 bridgehead atoms.